The molecular formula is C25H25FN4O4. The zero-order chi connectivity index (χ0) is 23.7. The quantitative estimate of drug-likeness (QED) is 0.567. The van der Waals surface area contributed by atoms with Gasteiger partial charge in [-0.1, -0.05) is 12.1 Å². The van der Waals surface area contributed by atoms with E-state index in [0.29, 0.717) is 49.4 Å². The molecule has 0 saturated carbocycles. The van der Waals surface area contributed by atoms with Crippen LogP contribution >= 0.6 is 0 Å². The van der Waals surface area contributed by atoms with Crippen molar-refractivity contribution in [2.24, 2.45) is 0 Å². The standard InChI is InChI=1S/C25H25FN4O4/c1-16(2)30(17-7-8-21-22(13-17)34-15-33-21)24(31)19-14-27-25(29-9-11-32-12-10-29)28-23(19)18-5-3-4-6-20(18)26/h3-8,13-14,16H,9-12,15H2,1-2H3. The first kappa shape index (κ1) is 22.1. The second-order valence-electron chi connectivity index (χ2n) is 8.32. The zero-order valence-electron chi connectivity index (χ0n) is 19.0. The van der Waals surface area contributed by atoms with Gasteiger partial charge in [0.1, 0.15) is 5.82 Å². The summed E-state index contributed by atoms with van der Waals surface area (Å²) in [5.41, 5.74) is 1.36. The van der Waals surface area contributed by atoms with E-state index in [9.17, 15) is 9.18 Å². The fraction of sp³-hybridized carbons (Fsp3) is 0.320. The molecule has 176 valence electrons. The van der Waals surface area contributed by atoms with Crippen LogP contribution in [0.15, 0.2) is 48.7 Å². The van der Waals surface area contributed by atoms with Crippen molar-refractivity contribution in [2.45, 2.75) is 19.9 Å². The lowest BCUT2D eigenvalue weighted by molar-refractivity contribution is 0.0980. The Bertz CT molecular complexity index is 1210. The predicted octanol–water partition coefficient (Wildman–Crippen LogP) is 3.90. The van der Waals surface area contributed by atoms with Crippen LogP contribution in [-0.2, 0) is 4.74 Å². The summed E-state index contributed by atoms with van der Waals surface area (Å²) in [7, 11) is 0. The average Bonchev–Trinajstić information content (AvgIpc) is 3.32. The number of rotatable bonds is 5. The minimum atomic E-state index is -0.456. The summed E-state index contributed by atoms with van der Waals surface area (Å²) >= 11 is 0. The van der Waals surface area contributed by atoms with E-state index in [1.54, 1.807) is 41.3 Å². The number of morpholine rings is 1. The van der Waals surface area contributed by atoms with E-state index in [0.717, 1.165) is 0 Å². The molecule has 0 aliphatic carbocycles. The minimum absolute atomic E-state index is 0.142. The van der Waals surface area contributed by atoms with E-state index in [1.807, 2.05) is 18.7 Å². The lowest BCUT2D eigenvalue weighted by Crippen LogP contribution is -2.39. The van der Waals surface area contributed by atoms with Crippen LogP contribution in [0.25, 0.3) is 11.3 Å². The van der Waals surface area contributed by atoms with Gasteiger partial charge in [0.15, 0.2) is 11.5 Å². The molecule has 1 amide bonds. The summed E-state index contributed by atoms with van der Waals surface area (Å²) in [5, 5.41) is 0. The van der Waals surface area contributed by atoms with Crippen molar-refractivity contribution in [1.29, 1.82) is 0 Å². The summed E-state index contributed by atoms with van der Waals surface area (Å²) in [6.45, 7) is 6.33. The van der Waals surface area contributed by atoms with E-state index in [4.69, 9.17) is 14.2 Å². The number of hydrogen-bond donors (Lipinski definition) is 0. The summed E-state index contributed by atoms with van der Waals surface area (Å²) in [4.78, 5) is 26.6. The summed E-state index contributed by atoms with van der Waals surface area (Å²) in [5.74, 6) is 0.856. The number of carbonyl (C=O) groups is 1. The first-order valence-corrected chi connectivity index (χ1v) is 11.2. The number of ether oxygens (including phenoxy) is 3. The Morgan fingerprint density at radius 2 is 1.85 bits per heavy atom. The molecule has 0 N–H and O–H groups in total. The van der Waals surface area contributed by atoms with E-state index in [1.165, 1.54) is 12.3 Å². The van der Waals surface area contributed by atoms with Crippen molar-refractivity contribution < 1.29 is 23.4 Å². The Morgan fingerprint density at radius 3 is 2.62 bits per heavy atom. The Kier molecular flexibility index (Phi) is 6.02. The smallest absolute Gasteiger partial charge is 0.262 e. The molecule has 34 heavy (non-hydrogen) atoms. The van der Waals surface area contributed by atoms with Gasteiger partial charge >= 0.3 is 0 Å². The monoisotopic (exact) mass is 464 g/mol. The van der Waals surface area contributed by atoms with Gasteiger partial charge in [-0.2, -0.15) is 0 Å². The van der Waals surface area contributed by atoms with Gasteiger partial charge in [-0.3, -0.25) is 4.79 Å². The van der Waals surface area contributed by atoms with Gasteiger partial charge < -0.3 is 24.0 Å². The number of anilines is 2. The predicted molar refractivity (Wildman–Crippen MR) is 125 cm³/mol. The fourth-order valence-electron chi connectivity index (χ4n) is 4.12. The molecule has 0 radical (unpaired) electrons. The van der Waals surface area contributed by atoms with Crippen molar-refractivity contribution in [3.63, 3.8) is 0 Å². The minimum Gasteiger partial charge on any atom is -0.454 e. The maximum atomic E-state index is 14.9. The molecule has 1 fully saturated rings. The van der Waals surface area contributed by atoms with Crippen LogP contribution in [0, 0.1) is 5.82 Å². The van der Waals surface area contributed by atoms with Crippen LogP contribution in [-0.4, -0.2) is 55.0 Å². The third-order valence-corrected chi connectivity index (χ3v) is 5.80. The van der Waals surface area contributed by atoms with Crippen LogP contribution in [0.1, 0.15) is 24.2 Å². The highest BCUT2D eigenvalue weighted by atomic mass is 19.1. The van der Waals surface area contributed by atoms with Gasteiger partial charge in [0.05, 0.1) is 24.5 Å². The number of hydrogen-bond acceptors (Lipinski definition) is 7. The zero-order valence-corrected chi connectivity index (χ0v) is 19.0. The molecule has 9 heteroatoms. The van der Waals surface area contributed by atoms with Gasteiger partial charge in [0, 0.05) is 42.6 Å². The van der Waals surface area contributed by atoms with Gasteiger partial charge in [0.2, 0.25) is 12.7 Å². The normalized spacial score (nSPS) is 15.0. The van der Waals surface area contributed by atoms with Crippen molar-refractivity contribution in [3.8, 4) is 22.8 Å². The van der Waals surface area contributed by atoms with Crippen LogP contribution < -0.4 is 19.3 Å². The van der Waals surface area contributed by atoms with Gasteiger partial charge in [0.25, 0.3) is 5.91 Å². The lowest BCUT2D eigenvalue weighted by Gasteiger charge is -2.29. The van der Waals surface area contributed by atoms with Gasteiger partial charge in [-0.05, 0) is 38.1 Å². The molecule has 1 aromatic heterocycles. The second kappa shape index (κ2) is 9.26. The number of halogens is 1. The Hall–Kier alpha value is -3.72. The van der Waals surface area contributed by atoms with Crippen LogP contribution in [0.2, 0.25) is 0 Å². The molecule has 0 spiro atoms. The van der Waals surface area contributed by atoms with Crippen LogP contribution in [0.5, 0.6) is 11.5 Å². The summed E-state index contributed by atoms with van der Waals surface area (Å²) in [6.07, 6.45) is 1.49. The third-order valence-electron chi connectivity index (χ3n) is 5.80. The van der Waals surface area contributed by atoms with E-state index in [2.05, 4.69) is 9.97 Å². The van der Waals surface area contributed by atoms with Gasteiger partial charge in [-0.15, -0.1) is 0 Å². The topological polar surface area (TPSA) is 77.0 Å². The Labute approximate surface area is 196 Å². The Balaban J connectivity index is 1.59. The maximum absolute atomic E-state index is 14.9. The van der Waals surface area contributed by atoms with Crippen LogP contribution in [0.4, 0.5) is 16.0 Å². The van der Waals surface area contributed by atoms with Crippen molar-refractivity contribution in [3.05, 3.63) is 60.0 Å². The molecule has 1 saturated heterocycles. The molecule has 2 aromatic carbocycles. The highest BCUT2D eigenvalue weighted by molar-refractivity contribution is 6.10. The first-order valence-electron chi connectivity index (χ1n) is 11.2. The van der Waals surface area contributed by atoms with Crippen molar-refractivity contribution in [1.82, 2.24) is 9.97 Å². The molecule has 0 unspecified atom stereocenters. The lowest BCUT2D eigenvalue weighted by atomic mass is 10.0. The fourth-order valence-corrected chi connectivity index (χ4v) is 4.12. The SMILES string of the molecule is CC(C)N(C(=O)c1cnc(N2CCOCC2)nc1-c1ccccc1F)c1ccc2c(c1)OCO2. The van der Waals surface area contributed by atoms with Crippen LogP contribution in [0.3, 0.4) is 0 Å². The number of aromatic nitrogens is 2. The largest absolute Gasteiger partial charge is 0.454 e. The summed E-state index contributed by atoms with van der Waals surface area (Å²) in [6, 6.07) is 11.5. The molecule has 2 aliphatic rings. The molecule has 8 nitrogen and oxygen atoms in total. The second-order valence-corrected chi connectivity index (χ2v) is 8.32. The number of nitrogens with zero attached hydrogens (tertiary/aromatic N) is 4. The molecule has 0 bridgehead atoms. The number of benzene rings is 2. The van der Waals surface area contributed by atoms with Gasteiger partial charge in [-0.25, -0.2) is 14.4 Å². The van der Waals surface area contributed by atoms with E-state index in [-0.39, 0.29) is 35.6 Å². The summed E-state index contributed by atoms with van der Waals surface area (Å²) < 4.78 is 31.2. The molecular weight excluding hydrogens is 439 g/mol. The van der Waals surface area contributed by atoms with Crippen molar-refractivity contribution >= 4 is 17.5 Å². The molecule has 0 atom stereocenters. The highest BCUT2D eigenvalue weighted by Crippen LogP contribution is 2.37. The Morgan fingerprint density at radius 1 is 1.09 bits per heavy atom. The maximum Gasteiger partial charge on any atom is 0.262 e. The first-order chi connectivity index (χ1) is 16.5. The third kappa shape index (κ3) is 4.14. The average molecular weight is 464 g/mol. The van der Waals surface area contributed by atoms with E-state index < -0.39 is 5.82 Å². The number of carbonyl (C=O) groups excluding carboxylic acids is 1. The van der Waals surface area contributed by atoms with Crippen molar-refractivity contribution in [2.75, 3.05) is 42.9 Å². The number of amides is 1. The molecule has 2 aliphatic heterocycles. The molecule has 3 aromatic rings. The number of fused-ring (bicyclic) bond motifs is 1. The molecule has 5 rings (SSSR count). The highest BCUT2D eigenvalue weighted by Gasteiger charge is 2.28. The van der Waals surface area contributed by atoms with E-state index >= 15 is 0 Å². The molecule has 3 heterocycles.